The number of nitrogens with one attached hydrogen (secondary N) is 2. The number of benzene rings is 2. The third-order valence-electron chi connectivity index (χ3n) is 4.65. The Morgan fingerprint density at radius 2 is 1.93 bits per heavy atom. The van der Waals surface area contributed by atoms with E-state index >= 15 is 0 Å². The highest BCUT2D eigenvalue weighted by Crippen LogP contribution is 2.33. The van der Waals surface area contributed by atoms with E-state index < -0.39 is 6.03 Å². The highest BCUT2D eigenvalue weighted by Gasteiger charge is 2.19. The molecular formula is C22H30N6OS. The van der Waals surface area contributed by atoms with Gasteiger partial charge in [-0.1, -0.05) is 24.3 Å². The van der Waals surface area contributed by atoms with Gasteiger partial charge in [0.25, 0.3) is 0 Å². The van der Waals surface area contributed by atoms with Crippen LogP contribution in [0, 0.1) is 19.3 Å². The molecule has 0 radical (unpaired) electrons. The number of hydrogen-bond acceptors (Lipinski definition) is 6. The van der Waals surface area contributed by atoms with E-state index in [-0.39, 0.29) is 0 Å². The fraction of sp³-hybridized carbons (Fsp3) is 0.273. The fourth-order valence-electron chi connectivity index (χ4n) is 2.93. The van der Waals surface area contributed by atoms with Crippen molar-refractivity contribution in [1.29, 1.82) is 5.41 Å². The number of nitrogens with two attached hydrogens (primary N) is 2. The maximum Gasteiger partial charge on any atom is 0.352 e. The average Bonchev–Trinajstić information content (AvgIpc) is 2.73. The van der Waals surface area contributed by atoms with E-state index in [1.54, 1.807) is 11.8 Å². The second kappa shape index (κ2) is 10.8. The first-order chi connectivity index (χ1) is 14.3. The van der Waals surface area contributed by atoms with Crippen molar-refractivity contribution < 1.29 is 4.79 Å². The Balaban J connectivity index is 2.26. The number of aryl methyl sites for hydroxylation is 2. The molecule has 160 valence electrons. The third kappa shape index (κ3) is 5.63. The summed E-state index contributed by atoms with van der Waals surface area (Å²) >= 11 is 1.68. The Morgan fingerprint density at radius 1 is 1.20 bits per heavy atom. The zero-order valence-corrected chi connectivity index (χ0v) is 18.7. The quantitative estimate of drug-likeness (QED) is 0.169. The zero-order chi connectivity index (χ0) is 22.3. The Hall–Kier alpha value is -2.81. The molecule has 6 N–H and O–H groups in total. The zero-order valence-electron chi connectivity index (χ0n) is 17.9. The van der Waals surface area contributed by atoms with Crippen LogP contribution in [0.2, 0.25) is 0 Å². The van der Waals surface area contributed by atoms with E-state index in [0.717, 1.165) is 49.3 Å². The molecule has 8 heteroatoms. The van der Waals surface area contributed by atoms with Crippen LogP contribution in [0.3, 0.4) is 0 Å². The molecular weight excluding hydrogens is 396 g/mol. The number of carbonyl (C=O) groups excluding carboxylic acids is 1. The van der Waals surface area contributed by atoms with E-state index in [2.05, 4.69) is 24.4 Å². The molecule has 0 bridgehead atoms. The first-order valence-corrected chi connectivity index (χ1v) is 10.6. The van der Waals surface area contributed by atoms with Gasteiger partial charge in [0, 0.05) is 42.2 Å². The molecule has 0 saturated carbocycles. The lowest BCUT2D eigenvalue weighted by atomic mass is 10.1. The summed E-state index contributed by atoms with van der Waals surface area (Å²) in [5, 5.41) is 12.8. The number of hydrogen-bond donors (Lipinski definition) is 4. The minimum absolute atomic E-state index is 0.487. The highest BCUT2D eigenvalue weighted by atomic mass is 32.2. The minimum Gasteiger partial charge on any atom is -0.391 e. The molecule has 0 atom stereocenters. The topological polar surface area (TPSA) is 111 Å². The van der Waals surface area contributed by atoms with E-state index in [4.69, 9.17) is 17.1 Å². The smallest absolute Gasteiger partial charge is 0.352 e. The second-order valence-corrected chi connectivity index (χ2v) is 7.92. The summed E-state index contributed by atoms with van der Waals surface area (Å²) in [6.45, 7) is 6.89. The van der Waals surface area contributed by atoms with Crippen molar-refractivity contribution in [3.05, 3.63) is 64.9 Å². The first kappa shape index (κ1) is 23.5. The molecule has 0 aromatic heterocycles. The molecule has 2 rings (SSSR count). The maximum absolute atomic E-state index is 12.2. The number of urea groups is 1. The Labute approximate surface area is 182 Å². The Morgan fingerprint density at radius 3 is 2.53 bits per heavy atom. The van der Waals surface area contributed by atoms with Gasteiger partial charge in [-0.2, -0.15) is 0 Å². The van der Waals surface area contributed by atoms with E-state index in [9.17, 15) is 4.79 Å². The summed E-state index contributed by atoms with van der Waals surface area (Å²) in [5.41, 5.74) is 5.63. The summed E-state index contributed by atoms with van der Waals surface area (Å²) in [5.74, 6) is 12.3. The van der Waals surface area contributed by atoms with E-state index in [1.807, 2.05) is 44.3 Å². The predicted molar refractivity (Wildman–Crippen MR) is 126 cm³/mol. The van der Waals surface area contributed by atoms with Crippen molar-refractivity contribution in [2.75, 3.05) is 18.6 Å². The van der Waals surface area contributed by atoms with Crippen LogP contribution >= 0.6 is 11.8 Å². The SMILES string of the molecule is CCN/C=C(\C=N)c1ccc(SCc2c(C)cccc2N(N)C(=O)N(C)N)c(C)c1. The van der Waals surface area contributed by atoms with Crippen molar-refractivity contribution in [2.24, 2.45) is 11.7 Å². The first-order valence-electron chi connectivity index (χ1n) is 9.63. The van der Waals surface area contributed by atoms with Gasteiger partial charge in [0.1, 0.15) is 0 Å². The second-order valence-electron chi connectivity index (χ2n) is 6.91. The Kier molecular flexibility index (Phi) is 8.46. The molecule has 7 nitrogen and oxygen atoms in total. The molecule has 0 unspecified atom stereocenters. The van der Waals surface area contributed by atoms with Gasteiger partial charge < -0.3 is 10.7 Å². The number of hydrazine groups is 2. The summed E-state index contributed by atoms with van der Waals surface area (Å²) in [7, 11) is 1.46. The number of rotatable bonds is 8. The number of allylic oxidation sites excluding steroid dienone is 1. The normalized spacial score (nSPS) is 11.2. The molecule has 0 aliphatic heterocycles. The van der Waals surface area contributed by atoms with Gasteiger partial charge in [-0.15, -0.1) is 11.8 Å². The summed E-state index contributed by atoms with van der Waals surface area (Å²) < 4.78 is 0. The monoisotopic (exact) mass is 426 g/mol. The van der Waals surface area contributed by atoms with E-state index in [0.29, 0.717) is 11.4 Å². The van der Waals surface area contributed by atoms with E-state index in [1.165, 1.54) is 13.3 Å². The van der Waals surface area contributed by atoms with Crippen molar-refractivity contribution in [3.8, 4) is 0 Å². The van der Waals surface area contributed by atoms with Crippen LogP contribution in [0.25, 0.3) is 5.57 Å². The van der Waals surface area contributed by atoms with Crippen LogP contribution < -0.4 is 22.0 Å². The van der Waals surface area contributed by atoms with Crippen molar-refractivity contribution in [2.45, 2.75) is 31.4 Å². The van der Waals surface area contributed by atoms with Gasteiger partial charge in [-0.05, 0) is 55.2 Å². The van der Waals surface area contributed by atoms with Gasteiger partial charge in [0.05, 0.1) is 5.69 Å². The summed E-state index contributed by atoms with van der Waals surface area (Å²) in [6, 6.07) is 11.4. The van der Waals surface area contributed by atoms with Crippen molar-refractivity contribution in [1.82, 2.24) is 10.3 Å². The molecule has 0 aliphatic carbocycles. The fourth-order valence-corrected chi connectivity index (χ4v) is 4.06. The lowest BCUT2D eigenvalue weighted by Crippen LogP contribution is -2.49. The lowest BCUT2D eigenvalue weighted by Gasteiger charge is -2.24. The molecule has 30 heavy (non-hydrogen) atoms. The van der Waals surface area contributed by atoms with Crippen LogP contribution in [-0.2, 0) is 5.75 Å². The van der Waals surface area contributed by atoms with Gasteiger partial charge >= 0.3 is 6.03 Å². The summed E-state index contributed by atoms with van der Waals surface area (Å²) in [6.07, 6.45) is 3.21. The van der Waals surface area contributed by atoms with Gasteiger partial charge in [0.2, 0.25) is 0 Å². The predicted octanol–water partition coefficient (Wildman–Crippen LogP) is 3.80. The highest BCUT2D eigenvalue weighted by molar-refractivity contribution is 7.98. The van der Waals surface area contributed by atoms with Crippen LogP contribution in [0.5, 0.6) is 0 Å². The molecule has 2 amide bonds. The third-order valence-corrected chi connectivity index (χ3v) is 5.85. The van der Waals surface area contributed by atoms with Crippen LogP contribution in [-0.4, -0.2) is 30.8 Å². The Bertz CT molecular complexity index is 941. The summed E-state index contributed by atoms with van der Waals surface area (Å²) in [4.78, 5) is 13.3. The standard InChI is InChI=1S/C22H30N6OS/c1-5-26-13-18(12-23)17-9-10-21(16(3)11-17)30-14-19-15(2)7-6-8-20(19)28(25)22(29)27(4)24/h6-13,23,26H,5,14,24-25H2,1-4H3/b18-13+,23-12?. The van der Waals surface area contributed by atoms with Gasteiger partial charge in [-0.3, -0.25) is 5.01 Å². The van der Waals surface area contributed by atoms with Crippen LogP contribution in [0.15, 0.2) is 47.5 Å². The number of carbonyl (C=O) groups is 1. The lowest BCUT2D eigenvalue weighted by molar-refractivity contribution is 0.216. The van der Waals surface area contributed by atoms with Crippen molar-refractivity contribution in [3.63, 3.8) is 0 Å². The molecule has 0 fully saturated rings. The molecule has 0 spiro atoms. The maximum atomic E-state index is 12.2. The molecule has 0 heterocycles. The molecule has 0 saturated heterocycles. The number of amides is 2. The van der Waals surface area contributed by atoms with Crippen LogP contribution in [0.1, 0.15) is 29.2 Å². The molecule has 2 aromatic carbocycles. The molecule has 0 aliphatic rings. The average molecular weight is 427 g/mol. The van der Waals surface area contributed by atoms with Crippen molar-refractivity contribution >= 4 is 35.3 Å². The number of thioether (sulfide) groups is 1. The van der Waals surface area contributed by atoms with Crippen LogP contribution in [0.4, 0.5) is 10.5 Å². The minimum atomic E-state index is -0.487. The van der Waals surface area contributed by atoms with Gasteiger partial charge in [0.15, 0.2) is 0 Å². The number of anilines is 1. The van der Waals surface area contributed by atoms with Gasteiger partial charge in [-0.25, -0.2) is 21.5 Å². The number of nitrogens with zero attached hydrogens (tertiary/aromatic N) is 2. The molecule has 2 aromatic rings. The largest absolute Gasteiger partial charge is 0.391 e.